The molecule has 0 aliphatic carbocycles. The molecule has 1 N–H and O–H groups in total. The molecular formula is C17H12N4O2S2. The maximum atomic E-state index is 12.9. The highest BCUT2D eigenvalue weighted by molar-refractivity contribution is 7.99. The molecule has 8 heteroatoms. The summed E-state index contributed by atoms with van der Waals surface area (Å²) in [5, 5.41) is 9.36. The number of aromatic amines is 1. The number of rotatable bonds is 5. The zero-order valence-electron chi connectivity index (χ0n) is 12.9. The third kappa shape index (κ3) is 3.01. The van der Waals surface area contributed by atoms with E-state index in [0.29, 0.717) is 26.8 Å². The number of para-hydroxylation sites is 1. The van der Waals surface area contributed by atoms with E-state index in [4.69, 9.17) is 0 Å². The van der Waals surface area contributed by atoms with Gasteiger partial charge in [0.25, 0.3) is 5.56 Å². The van der Waals surface area contributed by atoms with Crippen LogP contribution in [0.2, 0.25) is 0 Å². The number of thiophene rings is 1. The summed E-state index contributed by atoms with van der Waals surface area (Å²) in [5.74, 6) is 0.220. The van der Waals surface area contributed by atoms with Crippen LogP contribution in [0.25, 0.3) is 16.7 Å². The number of benzene rings is 1. The topological polar surface area (TPSA) is 80.6 Å². The highest BCUT2D eigenvalue weighted by atomic mass is 32.2. The minimum absolute atomic E-state index is 0.0126. The standard InChI is InChI=1S/C17H12N4O2S2/c22-13(14-7-4-8-24-14)10-25-17-19-15-12(9-18-20-15)16(23)21(17)11-5-2-1-3-6-11/h1-9H,10H2,(H,18,20). The highest BCUT2D eigenvalue weighted by Crippen LogP contribution is 2.22. The molecule has 6 nitrogen and oxygen atoms in total. The summed E-state index contributed by atoms with van der Waals surface area (Å²) in [7, 11) is 0. The number of hydrogen-bond acceptors (Lipinski definition) is 6. The van der Waals surface area contributed by atoms with Crippen molar-refractivity contribution in [1.29, 1.82) is 0 Å². The fourth-order valence-electron chi connectivity index (χ4n) is 2.41. The van der Waals surface area contributed by atoms with E-state index in [0.717, 1.165) is 0 Å². The van der Waals surface area contributed by atoms with E-state index in [1.807, 2.05) is 41.8 Å². The van der Waals surface area contributed by atoms with Crippen LogP contribution in [-0.2, 0) is 0 Å². The molecule has 0 radical (unpaired) electrons. The van der Waals surface area contributed by atoms with Gasteiger partial charge in [0, 0.05) is 0 Å². The summed E-state index contributed by atoms with van der Waals surface area (Å²) in [6, 6.07) is 12.9. The molecule has 25 heavy (non-hydrogen) atoms. The second-order valence-corrected chi connectivity index (χ2v) is 7.08. The van der Waals surface area contributed by atoms with Gasteiger partial charge in [0.15, 0.2) is 16.6 Å². The summed E-state index contributed by atoms with van der Waals surface area (Å²) in [4.78, 5) is 30.3. The van der Waals surface area contributed by atoms with E-state index in [2.05, 4.69) is 15.2 Å². The first kappa shape index (κ1) is 15.8. The second-order valence-electron chi connectivity index (χ2n) is 5.19. The molecule has 4 aromatic rings. The number of carbonyl (C=O) groups is 1. The van der Waals surface area contributed by atoms with Crippen LogP contribution in [0.15, 0.2) is 64.0 Å². The number of fused-ring (bicyclic) bond motifs is 1. The van der Waals surface area contributed by atoms with Crippen LogP contribution in [0.1, 0.15) is 9.67 Å². The first-order valence-corrected chi connectivity index (χ1v) is 9.31. The number of ketones is 1. The Kier molecular flexibility index (Phi) is 4.21. The molecule has 0 saturated heterocycles. The van der Waals surface area contributed by atoms with E-state index >= 15 is 0 Å². The van der Waals surface area contributed by atoms with Crippen molar-refractivity contribution in [2.75, 3.05) is 5.75 Å². The van der Waals surface area contributed by atoms with Gasteiger partial charge in [-0.3, -0.25) is 19.3 Å². The molecule has 1 aromatic carbocycles. The highest BCUT2D eigenvalue weighted by Gasteiger charge is 2.16. The minimum atomic E-state index is -0.212. The van der Waals surface area contributed by atoms with Crippen molar-refractivity contribution in [1.82, 2.24) is 19.7 Å². The van der Waals surface area contributed by atoms with Gasteiger partial charge in [-0.1, -0.05) is 36.0 Å². The molecule has 0 bridgehead atoms. The molecular weight excluding hydrogens is 356 g/mol. The zero-order valence-corrected chi connectivity index (χ0v) is 14.5. The zero-order chi connectivity index (χ0) is 17.2. The summed E-state index contributed by atoms with van der Waals surface area (Å²) in [5.41, 5.74) is 0.911. The monoisotopic (exact) mass is 368 g/mol. The second kappa shape index (κ2) is 6.66. The van der Waals surface area contributed by atoms with E-state index in [9.17, 15) is 9.59 Å². The van der Waals surface area contributed by atoms with Crippen molar-refractivity contribution < 1.29 is 4.79 Å². The van der Waals surface area contributed by atoms with E-state index in [1.165, 1.54) is 33.9 Å². The molecule has 4 rings (SSSR count). The lowest BCUT2D eigenvalue weighted by Gasteiger charge is -2.11. The van der Waals surface area contributed by atoms with Gasteiger partial charge in [0.2, 0.25) is 0 Å². The number of aromatic nitrogens is 4. The maximum Gasteiger partial charge on any atom is 0.269 e. The first-order chi connectivity index (χ1) is 12.2. The maximum absolute atomic E-state index is 12.9. The van der Waals surface area contributed by atoms with E-state index in [-0.39, 0.29) is 17.1 Å². The Bertz CT molecular complexity index is 1080. The van der Waals surface area contributed by atoms with Crippen LogP contribution in [-0.4, -0.2) is 31.3 Å². The lowest BCUT2D eigenvalue weighted by atomic mass is 10.3. The Balaban J connectivity index is 1.76. The number of nitrogens with zero attached hydrogens (tertiary/aromatic N) is 3. The van der Waals surface area contributed by atoms with Crippen molar-refractivity contribution in [3.8, 4) is 5.69 Å². The Hall–Kier alpha value is -2.71. The van der Waals surface area contributed by atoms with Gasteiger partial charge in [-0.2, -0.15) is 5.10 Å². The molecule has 0 fully saturated rings. The van der Waals surface area contributed by atoms with E-state index in [1.54, 1.807) is 6.07 Å². The summed E-state index contributed by atoms with van der Waals surface area (Å²) >= 11 is 2.65. The molecule has 0 atom stereocenters. The number of carbonyl (C=O) groups excluding carboxylic acids is 1. The molecule has 0 aliphatic rings. The average molecular weight is 368 g/mol. The Morgan fingerprint density at radius 3 is 2.80 bits per heavy atom. The molecule has 124 valence electrons. The van der Waals surface area contributed by atoms with Crippen molar-refractivity contribution >= 4 is 39.9 Å². The van der Waals surface area contributed by atoms with Gasteiger partial charge < -0.3 is 0 Å². The average Bonchev–Trinajstić information content (AvgIpc) is 3.32. The van der Waals surface area contributed by atoms with Crippen LogP contribution >= 0.6 is 23.1 Å². The lowest BCUT2D eigenvalue weighted by Crippen LogP contribution is -2.21. The van der Waals surface area contributed by atoms with E-state index < -0.39 is 0 Å². The number of thioether (sulfide) groups is 1. The predicted octanol–water partition coefficient (Wildman–Crippen LogP) is 3.15. The molecule has 0 spiro atoms. The van der Waals surface area contributed by atoms with Gasteiger partial charge in [-0.05, 0) is 23.6 Å². The molecule has 3 aromatic heterocycles. The smallest absolute Gasteiger partial charge is 0.269 e. The normalized spacial score (nSPS) is 11.0. The third-order valence-corrected chi connectivity index (χ3v) is 5.44. The molecule has 0 aliphatic heterocycles. The van der Waals surface area contributed by atoms with Gasteiger partial charge >= 0.3 is 0 Å². The third-order valence-electron chi connectivity index (χ3n) is 3.59. The SMILES string of the molecule is O=C(CSc1nc2[nH]ncc2c(=O)n1-c1ccccc1)c1cccs1. The predicted molar refractivity (Wildman–Crippen MR) is 98.9 cm³/mol. The van der Waals surface area contributed by atoms with Crippen molar-refractivity contribution in [2.24, 2.45) is 0 Å². The van der Waals surface area contributed by atoms with Crippen LogP contribution in [0.4, 0.5) is 0 Å². The quantitative estimate of drug-likeness (QED) is 0.332. The molecule has 0 unspecified atom stereocenters. The van der Waals surface area contributed by atoms with Gasteiger partial charge in [0.1, 0.15) is 5.39 Å². The Labute approximate surface area is 150 Å². The molecule has 3 heterocycles. The Morgan fingerprint density at radius 1 is 1.20 bits per heavy atom. The van der Waals surface area contributed by atoms with Crippen molar-refractivity contribution in [3.05, 3.63) is 69.3 Å². The number of H-pyrrole nitrogens is 1. The van der Waals surface area contributed by atoms with Crippen LogP contribution < -0.4 is 5.56 Å². The summed E-state index contributed by atoms with van der Waals surface area (Å²) in [6.07, 6.45) is 1.47. The van der Waals surface area contributed by atoms with Crippen LogP contribution in [0, 0.1) is 0 Å². The van der Waals surface area contributed by atoms with Crippen LogP contribution in [0.5, 0.6) is 0 Å². The minimum Gasteiger partial charge on any atom is -0.292 e. The summed E-state index contributed by atoms with van der Waals surface area (Å²) < 4.78 is 1.52. The fourth-order valence-corrected chi connectivity index (χ4v) is 4.06. The number of Topliss-reactive ketones (excluding diaryl/α,β-unsaturated/α-hetero) is 1. The summed E-state index contributed by atoms with van der Waals surface area (Å²) in [6.45, 7) is 0. The number of nitrogens with one attached hydrogen (secondary N) is 1. The fraction of sp³-hybridized carbons (Fsp3) is 0.0588. The van der Waals surface area contributed by atoms with Crippen molar-refractivity contribution in [2.45, 2.75) is 5.16 Å². The molecule has 0 saturated carbocycles. The Morgan fingerprint density at radius 2 is 2.04 bits per heavy atom. The van der Waals surface area contributed by atoms with Crippen molar-refractivity contribution in [3.63, 3.8) is 0 Å². The lowest BCUT2D eigenvalue weighted by molar-refractivity contribution is 0.102. The van der Waals surface area contributed by atoms with Gasteiger partial charge in [-0.25, -0.2) is 4.98 Å². The molecule has 0 amide bonds. The first-order valence-electron chi connectivity index (χ1n) is 7.45. The van der Waals surface area contributed by atoms with Gasteiger partial charge in [0.05, 0.1) is 22.5 Å². The van der Waals surface area contributed by atoms with Crippen LogP contribution in [0.3, 0.4) is 0 Å². The van der Waals surface area contributed by atoms with Gasteiger partial charge in [-0.15, -0.1) is 11.3 Å². The number of hydrogen-bond donors (Lipinski definition) is 1. The largest absolute Gasteiger partial charge is 0.292 e.